The summed E-state index contributed by atoms with van der Waals surface area (Å²) in [4.78, 5) is 33.1. The van der Waals surface area contributed by atoms with E-state index in [0.717, 1.165) is 17.5 Å². The first-order valence-electron chi connectivity index (χ1n) is 12.9. The molecule has 1 amide bonds. The summed E-state index contributed by atoms with van der Waals surface area (Å²) in [5.74, 6) is -1.20. The predicted octanol–water partition coefficient (Wildman–Crippen LogP) is 6.63. The third kappa shape index (κ3) is 5.03. The molecular formula is C30H24ClN5O3S2. The van der Waals surface area contributed by atoms with Crippen molar-refractivity contribution in [1.29, 1.82) is 0 Å². The number of aromatic nitrogens is 4. The fourth-order valence-corrected chi connectivity index (χ4v) is 6.84. The molecule has 0 aliphatic carbocycles. The molecule has 0 bridgehead atoms. The second kappa shape index (κ2) is 11.1. The number of carbonyl (C=O) groups is 2. The molecule has 0 spiro atoms. The highest BCUT2D eigenvalue weighted by molar-refractivity contribution is 8.00. The van der Waals surface area contributed by atoms with Crippen molar-refractivity contribution in [1.82, 2.24) is 19.6 Å². The normalized spacial score (nSPS) is 16.7. The second-order valence-corrected chi connectivity index (χ2v) is 12.1. The number of rotatable bonds is 7. The molecule has 206 valence electrons. The maximum atomic E-state index is 13.6. The monoisotopic (exact) mass is 601 g/mol. The summed E-state index contributed by atoms with van der Waals surface area (Å²) in [7, 11) is 0. The van der Waals surface area contributed by atoms with Crippen LogP contribution in [0, 0.1) is 6.92 Å². The summed E-state index contributed by atoms with van der Waals surface area (Å²) in [6.07, 6.45) is 2.60. The molecule has 1 aliphatic heterocycles. The van der Waals surface area contributed by atoms with E-state index in [1.54, 1.807) is 17.5 Å². The number of anilines is 1. The maximum absolute atomic E-state index is 13.6. The van der Waals surface area contributed by atoms with Crippen molar-refractivity contribution in [2.45, 2.75) is 36.4 Å². The van der Waals surface area contributed by atoms with Crippen LogP contribution in [0.4, 0.5) is 5.13 Å². The third-order valence-electron chi connectivity index (χ3n) is 6.95. The summed E-state index contributed by atoms with van der Waals surface area (Å²) >= 11 is 8.70. The van der Waals surface area contributed by atoms with Crippen molar-refractivity contribution in [2.75, 3.05) is 4.90 Å². The Bertz CT molecular complexity index is 1810. The highest BCUT2D eigenvalue weighted by Crippen LogP contribution is 2.44. The smallest absolute Gasteiger partial charge is 0.301 e. The number of halogens is 1. The Hall–Kier alpha value is -3.99. The van der Waals surface area contributed by atoms with Crippen LogP contribution in [0.5, 0.6) is 0 Å². The van der Waals surface area contributed by atoms with Gasteiger partial charge in [0.1, 0.15) is 11.3 Å². The molecule has 1 unspecified atom stereocenters. The number of Topliss-reactive ketones (excluding diaryl/α,β-unsaturated/α-hetero) is 1. The minimum Gasteiger partial charge on any atom is -0.505 e. The van der Waals surface area contributed by atoms with E-state index in [2.05, 4.69) is 22.1 Å². The van der Waals surface area contributed by atoms with Crippen LogP contribution in [0.1, 0.15) is 41.0 Å². The van der Waals surface area contributed by atoms with Crippen molar-refractivity contribution in [2.24, 2.45) is 0 Å². The van der Waals surface area contributed by atoms with Crippen molar-refractivity contribution in [3.8, 4) is 0 Å². The van der Waals surface area contributed by atoms with Gasteiger partial charge in [-0.3, -0.25) is 18.9 Å². The van der Waals surface area contributed by atoms with Crippen molar-refractivity contribution in [3.63, 3.8) is 0 Å². The molecule has 1 atom stereocenters. The Balaban J connectivity index is 1.43. The SMILES string of the molecule is CCc1ccc(C2/C(=C(\O)c3c(C)nc4ccccn34)C(=O)C(=O)N2c2nnc(SCc3ccc(Cl)cc3)s2)cc1. The van der Waals surface area contributed by atoms with Crippen LogP contribution >= 0.6 is 34.7 Å². The van der Waals surface area contributed by atoms with Crippen LogP contribution in [0.15, 0.2) is 82.8 Å². The first-order valence-corrected chi connectivity index (χ1v) is 15.1. The zero-order valence-corrected chi connectivity index (χ0v) is 24.5. The third-order valence-corrected chi connectivity index (χ3v) is 9.33. The molecule has 0 saturated carbocycles. The lowest BCUT2D eigenvalue weighted by Gasteiger charge is -2.22. The summed E-state index contributed by atoms with van der Waals surface area (Å²) in [5.41, 5.74) is 4.37. The van der Waals surface area contributed by atoms with Crippen LogP contribution in [0.2, 0.25) is 5.02 Å². The van der Waals surface area contributed by atoms with E-state index in [1.807, 2.05) is 66.7 Å². The molecule has 11 heteroatoms. The number of imidazole rings is 1. The minimum atomic E-state index is -0.892. The highest BCUT2D eigenvalue weighted by atomic mass is 35.5. The Kier molecular flexibility index (Phi) is 7.37. The number of pyridine rings is 1. The van der Waals surface area contributed by atoms with Crippen LogP contribution in [-0.2, 0) is 21.8 Å². The van der Waals surface area contributed by atoms with Gasteiger partial charge in [-0.15, -0.1) is 10.2 Å². The largest absolute Gasteiger partial charge is 0.505 e. The van der Waals surface area contributed by atoms with E-state index >= 15 is 0 Å². The van der Waals surface area contributed by atoms with Crippen molar-refractivity contribution >= 4 is 62.9 Å². The summed E-state index contributed by atoms with van der Waals surface area (Å²) in [5, 5.41) is 21.2. The van der Waals surface area contributed by atoms with Gasteiger partial charge in [0, 0.05) is 17.0 Å². The van der Waals surface area contributed by atoms with Gasteiger partial charge in [0.05, 0.1) is 17.3 Å². The summed E-state index contributed by atoms with van der Waals surface area (Å²) < 4.78 is 2.36. The van der Waals surface area contributed by atoms with E-state index < -0.39 is 17.7 Å². The van der Waals surface area contributed by atoms with E-state index in [0.29, 0.717) is 37.7 Å². The highest BCUT2D eigenvalue weighted by Gasteiger charge is 2.48. The number of nitrogens with zero attached hydrogens (tertiary/aromatic N) is 5. The molecular weight excluding hydrogens is 578 g/mol. The predicted molar refractivity (Wildman–Crippen MR) is 161 cm³/mol. The lowest BCUT2D eigenvalue weighted by molar-refractivity contribution is -0.132. The molecule has 1 N–H and O–H groups in total. The number of amides is 1. The van der Waals surface area contributed by atoms with Gasteiger partial charge in [-0.1, -0.05) is 84.1 Å². The molecule has 6 rings (SSSR count). The molecule has 2 aromatic carbocycles. The molecule has 3 aromatic heterocycles. The van der Waals surface area contributed by atoms with E-state index in [1.165, 1.54) is 28.0 Å². The summed E-state index contributed by atoms with van der Waals surface area (Å²) in [6, 6.07) is 19.8. The average Bonchev–Trinajstić information content (AvgIpc) is 3.66. The molecule has 8 nitrogen and oxygen atoms in total. The zero-order chi connectivity index (χ0) is 28.7. The first-order chi connectivity index (χ1) is 19.9. The quantitative estimate of drug-likeness (QED) is 0.0734. The van der Waals surface area contributed by atoms with E-state index in [4.69, 9.17) is 11.6 Å². The maximum Gasteiger partial charge on any atom is 0.301 e. The number of hydrogen-bond donors (Lipinski definition) is 1. The van der Waals surface area contributed by atoms with Gasteiger partial charge < -0.3 is 5.11 Å². The molecule has 1 fully saturated rings. The average molecular weight is 602 g/mol. The Labute approximate surface area is 249 Å². The second-order valence-electron chi connectivity index (χ2n) is 9.50. The number of aliphatic hydroxyl groups excluding tert-OH is 1. The molecule has 1 aliphatic rings. The van der Waals surface area contributed by atoms with Crippen LogP contribution in [0.3, 0.4) is 0 Å². The molecule has 1 saturated heterocycles. The Morgan fingerprint density at radius 1 is 1.02 bits per heavy atom. The molecule has 0 radical (unpaired) electrons. The van der Waals surface area contributed by atoms with Crippen LogP contribution in [0.25, 0.3) is 11.4 Å². The van der Waals surface area contributed by atoms with Gasteiger partial charge in [-0.2, -0.15) is 0 Å². The fourth-order valence-electron chi connectivity index (χ4n) is 4.89. The number of benzene rings is 2. The van der Waals surface area contributed by atoms with Crippen LogP contribution in [-0.4, -0.2) is 36.4 Å². The number of thioether (sulfide) groups is 1. The Morgan fingerprint density at radius 3 is 2.49 bits per heavy atom. The number of aliphatic hydroxyl groups is 1. The zero-order valence-electron chi connectivity index (χ0n) is 22.1. The van der Waals surface area contributed by atoms with Gasteiger partial charge in [0.25, 0.3) is 5.78 Å². The Morgan fingerprint density at radius 2 is 1.76 bits per heavy atom. The van der Waals surface area contributed by atoms with Gasteiger partial charge in [0.15, 0.2) is 10.1 Å². The topological polar surface area (TPSA) is 101 Å². The van der Waals surface area contributed by atoms with Crippen molar-refractivity contribution in [3.05, 3.63) is 112 Å². The molecule has 4 heterocycles. The lowest BCUT2D eigenvalue weighted by atomic mass is 9.95. The number of carbonyl (C=O) groups excluding carboxylic acids is 2. The standard InChI is InChI=1S/C30H24ClN5O3S2/c1-3-18-7-11-20(12-8-18)25-23(26(37)24-17(2)32-22-6-4-5-15-35(22)24)27(38)28(39)36(25)29-33-34-30(41-29)40-16-19-9-13-21(31)14-10-19/h4-15,25,37H,3,16H2,1-2H3/b26-23+. The first kappa shape index (κ1) is 27.2. The number of fused-ring (bicyclic) bond motifs is 1. The lowest BCUT2D eigenvalue weighted by Crippen LogP contribution is -2.29. The van der Waals surface area contributed by atoms with Gasteiger partial charge in [-0.05, 0) is 54.3 Å². The van der Waals surface area contributed by atoms with Gasteiger partial charge in [0.2, 0.25) is 5.13 Å². The fraction of sp³-hybridized carbons (Fsp3) is 0.167. The molecule has 41 heavy (non-hydrogen) atoms. The minimum absolute atomic E-state index is 0.0152. The van der Waals surface area contributed by atoms with Gasteiger partial charge in [-0.25, -0.2) is 4.98 Å². The van der Waals surface area contributed by atoms with Crippen molar-refractivity contribution < 1.29 is 14.7 Å². The number of ketones is 1. The van der Waals surface area contributed by atoms with Crippen LogP contribution < -0.4 is 4.90 Å². The number of hydrogen-bond acceptors (Lipinski definition) is 8. The molecule has 5 aromatic rings. The van der Waals surface area contributed by atoms with Gasteiger partial charge >= 0.3 is 5.91 Å². The van der Waals surface area contributed by atoms with E-state index in [-0.39, 0.29) is 16.5 Å². The summed E-state index contributed by atoms with van der Waals surface area (Å²) in [6.45, 7) is 3.82. The van der Waals surface area contributed by atoms with E-state index in [9.17, 15) is 14.7 Å². The number of aryl methyl sites for hydroxylation is 2.